The van der Waals surface area contributed by atoms with E-state index in [2.05, 4.69) is 16.2 Å². The summed E-state index contributed by atoms with van der Waals surface area (Å²) in [6.45, 7) is 1.92. The lowest BCUT2D eigenvalue weighted by atomic mass is 10.1. The molecule has 0 unspecified atom stereocenters. The third-order valence-electron chi connectivity index (χ3n) is 3.45. The van der Waals surface area contributed by atoms with Gasteiger partial charge in [0.1, 0.15) is 0 Å². The lowest BCUT2D eigenvalue weighted by Crippen LogP contribution is -1.97. The summed E-state index contributed by atoms with van der Waals surface area (Å²) < 4.78 is 24.2. The van der Waals surface area contributed by atoms with Gasteiger partial charge in [-0.3, -0.25) is 0 Å². The Morgan fingerprint density at radius 1 is 1.05 bits per heavy atom. The Labute approximate surface area is 129 Å². The van der Waals surface area contributed by atoms with E-state index in [1.807, 2.05) is 37.4 Å². The molecule has 110 valence electrons. The van der Waals surface area contributed by atoms with Crippen molar-refractivity contribution in [2.24, 2.45) is 0 Å². The van der Waals surface area contributed by atoms with Gasteiger partial charge in [0.2, 0.25) is 9.84 Å². The molecule has 1 aromatic heterocycles. The zero-order valence-electron chi connectivity index (χ0n) is 12.1. The number of rotatable bonds is 2. The molecular formula is C18H15NO2S. The van der Waals surface area contributed by atoms with Crippen LogP contribution in [0.4, 0.5) is 0 Å². The van der Waals surface area contributed by atoms with E-state index in [9.17, 15) is 8.42 Å². The van der Waals surface area contributed by atoms with Crippen LogP contribution in [0, 0.1) is 18.1 Å². The van der Waals surface area contributed by atoms with Crippen molar-refractivity contribution in [1.82, 2.24) is 4.98 Å². The van der Waals surface area contributed by atoms with Gasteiger partial charge in [-0.15, -0.1) is 0 Å². The number of nitrogens with one attached hydrogen (secondary N) is 1. The minimum absolute atomic E-state index is 0.241. The summed E-state index contributed by atoms with van der Waals surface area (Å²) >= 11 is 0. The molecule has 0 atom stereocenters. The van der Waals surface area contributed by atoms with Crippen LogP contribution in [0.1, 0.15) is 11.1 Å². The van der Waals surface area contributed by atoms with E-state index < -0.39 is 9.84 Å². The Kier molecular flexibility index (Phi) is 3.74. The summed E-state index contributed by atoms with van der Waals surface area (Å²) in [4.78, 5) is 3.37. The third kappa shape index (κ3) is 3.05. The van der Waals surface area contributed by atoms with Crippen LogP contribution in [0.15, 0.2) is 59.6 Å². The van der Waals surface area contributed by atoms with Crippen LogP contribution < -0.4 is 0 Å². The standard InChI is InChI=1S/C18H15NO2S/c1-14-4-8-17(9-5-14)22(20,21)12-2-3-15-6-7-16-10-11-19-18(16)13-15/h4-11,13,19H,3H2,1H3. The van der Waals surface area contributed by atoms with E-state index in [1.54, 1.807) is 24.3 Å². The number of aryl methyl sites for hydroxylation is 1. The van der Waals surface area contributed by atoms with E-state index in [0.717, 1.165) is 22.0 Å². The highest BCUT2D eigenvalue weighted by atomic mass is 32.2. The van der Waals surface area contributed by atoms with Crippen molar-refractivity contribution in [3.63, 3.8) is 0 Å². The molecule has 0 bridgehead atoms. The molecule has 4 heteroatoms. The SMILES string of the molecule is Cc1ccc(S(=O)(=O)C#CCc2ccc3cc[nH]c3c2)cc1. The Bertz CT molecular complexity index is 971. The van der Waals surface area contributed by atoms with Gasteiger partial charge < -0.3 is 4.98 Å². The summed E-state index contributed by atoms with van der Waals surface area (Å²) in [6.07, 6.45) is 2.28. The largest absolute Gasteiger partial charge is 0.361 e. The van der Waals surface area contributed by atoms with Gasteiger partial charge in [-0.2, -0.15) is 0 Å². The molecule has 1 heterocycles. The van der Waals surface area contributed by atoms with Crippen molar-refractivity contribution in [2.45, 2.75) is 18.2 Å². The van der Waals surface area contributed by atoms with Gasteiger partial charge in [-0.25, -0.2) is 8.42 Å². The molecule has 2 aromatic carbocycles. The van der Waals surface area contributed by atoms with Crippen molar-refractivity contribution in [1.29, 1.82) is 0 Å². The third-order valence-corrected chi connectivity index (χ3v) is 4.76. The van der Waals surface area contributed by atoms with Crippen LogP contribution in [0.2, 0.25) is 0 Å². The van der Waals surface area contributed by atoms with Crippen molar-refractivity contribution in [3.8, 4) is 11.2 Å². The predicted octanol–water partition coefficient (Wildman–Crippen LogP) is 3.45. The second-order valence-electron chi connectivity index (χ2n) is 5.17. The maximum absolute atomic E-state index is 12.1. The first-order valence-corrected chi connectivity index (χ1v) is 8.40. The summed E-state index contributed by atoms with van der Waals surface area (Å²) in [7, 11) is -3.55. The van der Waals surface area contributed by atoms with E-state index in [-0.39, 0.29) is 4.90 Å². The zero-order chi connectivity index (χ0) is 15.6. The van der Waals surface area contributed by atoms with Gasteiger partial charge in [0.25, 0.3) is 0 Å². The fourth-order valence-corrected chi connectivity index (χ4v) is 3.09. The highest BCUT2D eigenvalue weighted by molar-refractivity contribution is 7.96. The monoisotopic (exact) mass is 309 g/mol. The smallest absolute Gasteiger partial charge is 0.245 e. The summed E-state index contributed by atoms with van der Waals surface area (Å²) in [6, 6.07) is 14.7. The van der Waals surface area contributed by atoms with Crippen LogP contribution >= 0.6 is 0 Å². The summed E-state index contributed by atoms with van der Waals surface area (Å²) in [5.74, 6) is 2.76. The average molecular weight is 309 g/mol. The molecule has 3 nitrogen and oxygen atoms in total. The minimum atomic E-state index is -3.55. The summed E-state index contributed by atoms with van der Waals surface area (Å²) in [5, 5.41) is 3.53. The molecule has 0 fully saturated rings. The molecule has 0 saturated heterocycles. The van der Waals surface area contributed by atoms with Gasteiger partial charge in [0.05, 0.1) is 4.90 Å². The lowest BCUT2D eigenvalue weighted by molar-refractivity contribution is 0.606. The molecule has 0 aliphatic carbocycles. The number of hydrogen-bond donors (Lipinski definition) is 1. The Morgan fingerprint density at radius 3 is 2.59 bits per heavy atom. The molecule has 0 aliphatic heterocycles. The molecule has 0 spiro atoms. The van der Waals surface area contributed by atoms with Crippen molar-refractivity contribution >= 4 is 20.7 Å². The fourth-order valence-electron chi connectivity index (χ4n) is 2.21. The lowest BCUT2D eigenvalue weighted by Gasteiger charge is -1.98. The number of aromatic nitrogens is 1. The maximum atomic E-state index is 12.1. The Hall–Kier alpha value is -2.51. The Balaban J connectivity index is 1.81. The molecule has 1 N–H and O–H groups in total. The van der Waals surface area contributed by atoms with E-state index >= 15 is 0 Å². The van der Waals surface area contributed by atoms with Crippen molar-refractivity contribution in [2.75, 3.05) is 0 Å². The number of sulfone groups is 1. The van der Waals surface area contributed by atoms with Gasteiger partial charge >= 0.3 is 0 Å². The van der Waals surface area contributed by atoms with E-state index in [4.69, 9.17) is 0 Å². The van der Waals surface area contributed by atoms with Gasteiger partial charge in [-0.05, 0) is 42.1 Å². The topological polar surface area (TPSA) is 49.9 Å². The molecule has 3 rings (SSSR count). The molecular weight excluding hydrogens is 294 g/mol. The maximum Gasteiger partial charge on any atom is 0.245 e. The molecule has 0 radical (unpaired) electrons. The quantitative estimate of drug-likeness (QED) is 0.582. The van der Waals surface area contributed by atoms with Gasteiger partial charge in [-0.1, -0.05) is 35.7 Å². The molecule has 3 aromatic rings. The van der Waals surface area contributed by atoms with Crippen molar-refractivity contribution in [3.05, 3.63) is 65.9 Å². The van der Waals surface area contributed by atoms with E-state index in [0.29, 0.717) is 6.42 Å². The van der Waals surface area contributed by atoms with Crippen LogP contribution in [0.3, 0.4) is 0 Å². The highest BCUT2D eigenvalue weighted by Gasteiger charge is 2.09. The number of hydrogen-bond acceptors (Lipinski definition) is 2. The van der Waals surface area contributed by atoms with Gasteiger partial charge in [0.15, 0.2) is 0 Å². The second-order valence-corrected chi connectivity index (χ2v) is 6.85. The molecule has 0 saturated carbocycles. The number of aromatic amines is 1. The predicted molar refractivity (Wildman–Crippen MR) is 88.1 cm³/mol. The first-order chi connectivity index (χ1) is 10.5. The first kappa shape index (κ1) is 14.4. The fraction of sp³-hybridized carbons (Fsp3) is 0.111. The van der Waals surface area contributed by atoms with Crippen molar-refractivity contribution < 1.29 is 8.42 Å². The number of benzene rings is 2. The summed E-state index contributed by atoms with van der Waals surface area (Å²) in [5.41, 5.74) is 3.04. The first-order valence-electron chi connectivity index (χ1n) is 6.92. The van der Waals surface area contributed by atoms with Crippen LogP contribution in [0.25, 0.3) is 10.9 Å². The molecule has 22 heavy (non-hydrogen) atoms. The zero-order valence-corrected chi connectivity index (χ0v) is 12.9. The second kappa shape index (κ2) is 5.70. The van der Waals surface area contributed by atoms with Crippen LogP contribution in [-0.4, -0.2) is 13.4 Å². The Morgan fingerprint density at radius 2 is 1.82 bits per heavy atom. The molecule has 0 aliphatic rings. The van der Waals surface area contributed by atoms with Crippen LogP contribution in [0.5, 0.6) is 0 Å². The number of H-pyrrole nitrogens is 1. The highest BCUT2D eigenvalue weighted by Crippen LogP contribution is 2.15. The average Bonchev–Trinajstić information content (AvgIpc) is 2.95. The van der Waals surface area contributed by atoms with Crippen LogP contribution in [-0.2, 0) is 16.3 Å². The van der Waals surface area contributed by atoms with Gasteiger partial charge in [0, 0.05) is 23.4 Å². The molecule has 0 amide bonds. The number of fused-ring (bicyclic) bond motifs is 1. The van der Waals surface area contributed by atoms with E-state index in [1.165, 1.54) is 0 Å². The normalized spacial score (nSPS) is 11.1. The minimum Gasteiger partial charge on any atom is -0.361 e.